The molecule has 0 bridgehead atoms. The Hall–Kier alpha value is -0.570. The van der Waals surface area contributed by atoms with E-state index in [9.17, 15) is 9.90 Å². The van der Waals surface area contributed by atoms with Crippen molar-refractivity contribution in [3.63, 3.8) is 0 Å². The highest BCUT2D eigenvalue weighted by Gasteiger charge is 2.67. The molecular formula is C22H41NO2. The summed E-state index contributed by atoms with van der Waals surface area (Å²) in [7, 11) is 0. The third-order valence-electron chi connectivity index (χ3n) is 8.19. The number of aliphatic hydroxyl groups excluding tert-OH is 1. The molecule has 0 radical (unpaired) electrons. The van der Waals surface area contributed by atoms with Crippen molar-refractivity contribution in [2.45, 2.75) is 107 Å². The minimum absolute atomic E-state index is 0.0880. The van der Waals surface area contributed by atoms with Gasteiger partial charge in [0.15, 0.2) is 0 Å². The Bertz CT molecular complexity index is 545. The summed E-state index contributed by atoms with van der Waals surface area (Å²) in [6, 6.07) is 0. The molecule has 0 aromatic rings. The lowest BCUT2D eigenvalue weighted by atomic mass is 9.66. The Morgan fingerprint density at radius 3 is 2.04 bits per heavy atom. The van der Waals surface area contributed by atoms with Crippen LogP contribution in [0.3, 0.4) is 0 Å². The number of aliphatic hydroxyl groups is 1. The maximum atomic E-state index is 13.2. The van der Waals surface area contributed by atoms with E-state index < -0.39 is 6.23 Å². The first kappa shape index (κ1) is 20.7. The van der Waals surface area contributed by atoms with Crippen molar-refractivity contribution in [2.75, 3.05) is 0 Å². The predicted octanol–water partition coefficient (Wildman–Crippen LogP) is 5.22. The first-order chi connectivity index (χ1) is 11.0. The molecule has 0 aromatic heterocycles. The molecule has 2 aliphatic rings. The largest absolute Gasteiger partial charge is 0.373 e. The van der Waals surface area contributed by atoms with Crippen LogP contribution in [0.15, 0.2) is 0 Å². The van der Waals surface area contributed by atoms with E-state index in [1.54, 1.807) is 4.90 Å². The summed E-state index contributed by atoms with van der Waals surface area (Å²) < 4.78 is 0. The molecule has 1 saturated carbocycles. The highest BCUT2D eigenvalue weighted by molar-refractivity contribution is 5.82. The van der Waals surface area contributed by atoms with Crippen LogP contribution in [0, 0.1) is 27.6 Å². The molecule has 4 atom stereocenters. The van der Waals surface area contributed by atoms with Crippen molar-refractivity contribution in [2.24, 2.45) is 27.6 Å². The average Bonchev–Trinajstić information content (AvgIpc) is 2.81. The summed E-state index contributed by atoms with van der Waals surface area (Å²) in [6.07, 6.45) is 3.03. The number of hydrogen-bond acceptors (Lipinski definition) is 2. The van der Waals surface area contributed by atoms with Crippen molar-refractivity contribution in [3.05, 3.63) is 0 Å². The Morgan fingerprint density at radius 2 is 1.64 bits per heavy atom. The van der Waals surface area contributed by atoms with Gasteiger partial charge in [-0.15, -0.1) is 0 Å². The summed E-state index contributed by atoms with van der Waals surface area (Å²) in [5, 5.41) is 10.6. The number of nitrogens with zero attached hydrogens (tertiary/aromatic N) is 1. The first-order valence-electron chi connectivity index (χ1n) is 10.0. The van der Waals surface area contributed by atoms with Gasteiger partial charge in [-0.1, -0.05) is 55.4 Å². The van der Waals surface area contributed by atoms with Gasteiger partial charge in [-0.05, 0) is 54.8 Å². The number of hydrogen-bond donors (Lipinski definition) is 1. The van der Waals surface area contributed by atoms with E-state index in [0.29, 0.717) is 11.8 Å². The molecule has 0 aromatic carbocycles. The predicted molar refractivity (Wildman–Crippen MR) is 104 cm³/mol. The highest BCUT2D eigenvalue weighted by atomic mass is 16.3. The van der Waals surface area contributed by atoms with Gasteiger partial charge in [0.25, 0.3) is 0 Å². The quantitative estimate of drug-likeness (QED) is 0.737. The summed E-state index contributed by atoms with van der Waals surface area (Å²) in [5.41, 5.74) is 0.472. The lowest BCUT2D eigenvalue weighted by molar-refractivity contribution is -0.145. The van der Waals surface area contributed by atoms with Gasteiger partial charge in [-0.3, -0.25) is 4.79 Å². The molecule has 4 unspecified atom stereocenters. The van der Waals surface area contributed by atoms with Crippen LogP contribution in [0.1, 0.15) is 94.9 Å². The van der Waals surface area contributed by atoms with Gasteiger partial charge in [-0.25, -0.2) is 0 Å². The highest BCUT2D eigenvalue weighted by Crippen LogP contribution is 2.75. The molecule has 1 aliphatic carbocycles. The molecule has 0 spiro atoms. The van der Waals surface area contributed by atoms with Gasteiger partial charge in [0.2, 0.25) is 5.91 Å². The fourth-order valence-electron chi connectivity index (χ4n) is 5.55. The van der Waals surface area contributed by atoms with E-state index in [1.807, 2.05) is 0 Å². The van der Waals surface area contributed by atoms with Crippen LogP contribution < -0.4 is 0 Å². The Balaban J connectivity index is 2.20. The van der Waals surface area contributed by atoms with Crippen LogP contribution >= 0.6 is 0 Å². The number of amides is 1. The molecule has 1 N–H and O–H groups in total. The normalized spacial score (nSPS) is 36.9. The Kier molecular flexibility index (Phi) is 4.74. The van der Waals surface area contributed by atoms with E-state index >= 15 is 0 Å². The molecule has 3 heteroatoms. The average molecular weight is 352 g/mol. The minimum Gasteiger partial charge on any atom is -0.373 e. The lowest BCUT2D eigenvalue weighted by Gasteiger charge is -2.40. The number of carbonyl (C=O) groups excluding carboxylic acids is 1. The summed E-state index contributed by atoms with van der Waals surface area (Å²) in [5.74, 6) is 0.0565. The topological polar surface area (TPSA) is 40.5 Å². The maximum absolute atomic E-state index is 13.2. The number of carbonyl (C=O) groups is 1. The van der Waals surface area contributed by atoms with Gasteiger partial charge in [0.05, 0.1) is 0 Å². The SMILES string of the molecule is CCC(C)(C)N1C(=O)C(C(C)(C)CC2(C)CC2(C)C(C)(C)C)CC1O. The molecule has 1 heterocycles. The smallest absolute Gasteiger partial charge is 0.228 e. The third-order valence-corrected chi connectivity index (χ3v) is 8.19. The third kappa shape index (κ3) is 3.15. The van der Waals surface area contributed by atoms with Gasteiger partial charge in [-0.2, -0.15) is 0 Å². The number of likely N-dealkylation sites (tertiary alicyclic amines) is 1. The van der Waals surface area contributed by atoms with E-state index in [2.05, 4.69) is 69.2 Å². The molecule has 25 heavy (non-hydrogen) atoms. The summed E-state index contributed by atoms with van der Waals surface area (Å²) in [4.78, 5) is 14.9. The van der Waals surface area contributed by atoms with Crippen LogP contribution in [0.4, 0.5) is 0 Å². The second kappa shape index (κ2) is 5.71. The van der Waals surface area contributed by atoms with E-state index in [0.717, 1.165) is 12.8 Å². The van der Waals surface area contributed by atoms with Gasteiger partial charge >= 0.3 is 0 Å². The lowest BCUT2D eigenvalue weighted by Crippen LogP contribution is -2.50. The van der Waals surface area contributed by atoms with Crippen LogP contribution in [-0.2, 0) is 4.79 Å². The monoisotopic (exact) mass is 351 g/mol. The zero-order valence-corrected chi connectivity index (χ0v) is 18.3. The van der Waals surface area contributed by atoms with E-state index in [-0.39, 0.29) is 33.6 Å². The zero-order chi connectivity index (χ0) is 19.6. The van der Waals surface area contributed by atoms with Crippen LogP contribution in [-0.4, -0.2) is 27.7 Å². The fraction of sp³-hybridized carbons (Fsp3) is 0.955. The van der Waals surface area contributed by atoms with Crippen LogP contribution in [0.2, 0.25) is 0 Å². The molecule has 2 rings (SSSR count). The molecule has 146 valence electrons. The van der Waals surface area contributed by atoms with Gasteiger partial charge in [0, 0.05) is 17.9 Å². The maximum Gasteiger partial charge on any atom is 0.228 e. The van der Waals surface area contributed by atoms with Crippen molar-refractivity contribution in [3.8, 4) is 0 Å². The fourth-order valence-corrected chi connectivity index (χ4v) is 5.55. The molecule has 1 amide bonds. The van der Waals surface area contributed by atoms with Crippen LogP contribution in [0.25, 0.3) is 0 Å². The molecule has 1 aliphatic heterocycles. The standard InChI is InChI=1S/C22H41NO2/c1-11-20(7,8)23-16(24)12-15(17(23)25)19(5,6)13-21(9)14-22(21,10)18(2,3)4/h15-16,24H,11-14H2,1-10H3. The van der Waals surface area contributed by atoms with E-state index in [1.165, 1.54) is 6.42 Å². The zero-order valence-electron chi connectivity index (χ0n) is 18.3. The minimum atomic E-state index is -0.646. The van der Waals surface area contributed by atoms with Crippen molar-refractivity contribution >= 4 is 5.91 Å². The number of rotatable bonds is 5. The molecule has 2 fully saturated rings. The molecule has 1 saturated heterocycles. The van der Waals surface area contributed by atoms with E-state index in [4.69, 9.17) is 0 Å². The second-order valence-electron chi connectivity index (χ2n) is 11.6. The Morgan fingerprint density at radius 1 is 1.12 bits per heavy atom. The van der Waals surface area contributed by atoms with Gasteiger partial charge in [0.1, 0.15) is 6.23 Å². The second-order valence-corrected chi connectivity index (χ2v) is 11.6. The van der Waals surface area contributed by atoms with Crippen molar-refractivity contribution < 1.29 is 9.90 Å². The van der Waals surface area contributed by atoms with Crippen molar-refractivity contribution in [1.29, 1.82) is 0 Å². The summed E-state index contributed by atoms with van der Waals surface area (Å²) >= 11 is 0. The van der Waals surface area contributed by atoms with Gasteiger partial charge < -0.3 is 10.0 Å². The molecule has 3 nitrogen and oxygen atoms in total. The summed E-state index contributed by atoms with van der Waals surface area (Å²) in [6.45, 7) is 22.5. The molecular weight excluding hydrogens is 310 g/mol. The van der Waals surface area contributed by atoms with Crippen molar-refractivity contribution in [1.82, 2.24) is 4.90 Å². The first-order valence-corrected chi connectivity index (χ1v) is 10.0. The van der Waals surface area contributed by atoms with Crippen LogP contribution in [0.5, 0.6) is 0 Å². The Labute approximate surface area is 155 Å².